The molecular formula is C27H23N3O3. The molecule has 1 N–H and O–H groups in total. The summed E-state index contributed by atoms with van der Waals surface area (Å²) in [7, 11) is 0. The number of ketones is 1. The van der Waals surface area contributed by atoms with Crippen molar-refractivity contribution in [3.63, 3.8) is 0 Å². The number of hydrogen-bond acceptors (Lipinski definition) is 4. The molecule has 6 heteroatoms. The molecule has 0 spiro atoms. The van der Waals surface area contributed by atoms with Crippen molar-refractivity contribution in [2.45, 2.75) is 13.5 Å². The van der Waals surface area contributed by atoms with E-state index in [0.717, 1.165) is 11.1 Å². The smallest absolute Gasteiger partial charge is 0.253 e. The molecule has 4 aromatic rings. The highest BCUT2D eigenvalue weighted by Crippen LogP contribution is 2.16. The minimum Gasteiger partial charge on any atom is -0.350 e. The highest BCUT2D eigenvalue weighted by molar-refractivity contribution is 6.15. The van der Waals surface area contributed by atoms with Gasteiger partial charge in [-0.15, -0.1) is 0 Å². The molecule has 0 saturated heterocycles. The average molecular weight is 437 g/mol. The molecule has 0 unspecified atom stereocenters. The van der Waals surface area contributed by atoms with Gasteiger partial charge in [0.1, 0.15) is 0 Å². The van der Waals surface area contributed by atoms with Gasteiger partial charge in [0.2, 0.25) is 0 Å². The lowest BCUT2D eigenvalue weighted by molar-refractivity contribution is 0.0940. The lowest BCUT2D eigenvalue weighted by atomic mass is 9.97. The first-order valence-electron chi connectivity index (χ1n) is 10.6. The fourth-order valence-corrected chi connectivity index (χ4v) is 3.49. The van der Waals surface area contributed by atoms with E-state index in [2.05, 4.69) is 10.3 Å². The van der Waals surface area contributed by atoms with E-state index >= 15 is 0 Å². The van der Waals surface area contributed by atoms with Gasteiger partial charge in [-0.25, -0.2) is 4.98 Å². The molecule has 6 nitrogen and oxygen atoms in total. The predicted octanol–water partition coefficient (Wildman–Crippen LogP) is 3.88. The van der Waals surface area contributed by atoms with E-state index in [0.29, 0.717) is 22.4 Å². The Bertz CT molecular complexity index is 1340. The summed E-state index contributed by atoms with van der Waals surface area (Å²) in [5.41, 5.74) is 3.48. The molecule has 1 aromatic heterocycles. The van der Waals surface area contributed by atoms with Crippen LogP contribution in [0.1, 0.15) is 31.8 Å². The van der Waals surface area contributed by atoms with Crippen molar-refractivity contribution in [3.05, 3.63) is 124 Å². The minimum atomic E-state index is -0.368. The van der Waals surface area contributed by atoms with Gasteiger partial charge in [-0.1, -0.05) is 78.4 Å². The van der Waals surface area contributed by atoms with E-state index in [-0.39, 0.29) is 30.3 Å². The van der Waals surface area contributed by atoms with Crippen LogP contribution in [0.3, 0.4) is 0 Å². The molecule has 0 radical (unpaired) electrons. The Labute approximate surface area is 191 Å². The van der Waals surface area contributed by atoms with Gasteiger partial charge < -0.3 is 5.32 Å². The van der Waals surface area contributed by atoms with Crippen LogP contribution in [-0.4, -0.2) is 27.8 Å². The third kappa shape index (κ3) is 5.13. The van der Waals surface area contributed by atoms with Crippen LogP contribution in [0.25, 0.3) is 11.3 Å². The summed E-state index contributed by atoms with van der Waals surface area (Å²) in [5, 5.41) is 2.80. The van der Waals surface area contributed by atoms with Gasteiger partial charge in [0.15, 0.2) is 5.78 Å². The largest absolute Gasteiger partial charge is 0.350 e. The lowest BCUT2D eigenvalue weighted by Crippen LogP contribution is -2.31. The maximum absolute atomic E-state index is 12.9. The predicted molar refractivity (Wildman–Crippen MR) is 127 cm³/mol. The van der Waals surface area contributed by atoms with Gasteiger partial charge >= 0.3 is 0 Å². The number of rotatable bonds is 7. The zero-order valence-corrected chi connectivity index (χ0v) is 18.2. The number of nitrogens with zero attached hydrogens (tertiary/aromatic N) is 2. The van der Waals surface area contributed by atoms with Crippen LogP contribution in [0.4, 0.5) is 0 Å². The zero-order valence-electron chi connectivity index (χ0n) is 18.2. The Kier molecular flexibility index (Phi) is 6.55. The van der Waals surface area contributed by atoms with Crippen molar-refractivity contribution in [1.82, 2.24) is 14.9 Å². The van der Waals surface area contributed by atoms with E-state index in [4.69, 9.17) is 0 Å². The molecule has 164 valence electrons. The highest BCUT2D eigenvalue weighted by atomic mass is 16.2. The molecule has 1 amide bonds. The zero-order chi connectivity index (χ0) is 23.2. The first-order valence-corrected chi connectivity index (χ1v) is 10.6. The Morgan fingerprint density at radius 3 is 2.24 bits per heavy atom. The standard InChI is InChI=1S/C27H23N3O3/c1-19-11-13-21(14-12-19)26(32)22-9-5-6-10-23(22)27(33)28-15-16-30-18-29-24(17-25(30)31)20-7-3-2-4-8-20/h2-14,17-18H,15-16H2,1H3,(H,28,33). The monoisotopic (exact) mass is 437 g/mol. The molecule has 0 aliphatic carbocycles. The number of hydrogen-bond donors (Lipinski definition) is 1. The quantitative estimate of drug-likeness (QED) is 0.445. The van der Waals surface area contributed by atoms with Crippen molar-refractivity contribution in [1.29, 1.82) is 0 Å². The van der Waals surface area contributed by atoms with E-state index in [1.54, 1.807) is 36.4 Å². The van der Waals surface area contributed by atoms with Crippen molar-refractivity contribution in [2.75, 3.05) is 6.54 Å². The van der Waals surface area contributed by atoms with E-state index < -0.39 is 0 Å². The van der Waals surface area contributed by atoms with Crippen molar-refractivity contribution < 1.29 is 9.59 Å². The molecule has 0 aliphatic heterocycles. The fourth-order valence-electron chi connectivity index (χ4n) is 3.49. The molecule has 1 heterocycles. The number of benzene rings is 3. The number of amides is 1. The first-order chi connectivity index (χ1) is 16.0. The van der Waals surface area contributed by atoms with Crippen LogP contribution in [0.15, 0.2) is 96.1 Å². The van der Waals surface area contributed by atoms with Crippen molar-refractivity contribution in [3.8, 4) is 11.3 Å². The second-order valence-corrected chi connectivity index (χ2v) is 7.67. The van der Waals surface area contributed by atoms with Crippen LogP contribution < -0.4 is 10.9 Å². The van der Waals surface area contributed by atoms with E-state index in [9.17, 15) is 14.4 Å². The van der Waals surface area contributed by atoms with Gasteiger partial charge in [-0.3, -0.25) is 19.0 Å². The molecule has 4 rings (SSSR count). The van der Waals surface area contributed by atoms with Crippen LogP contribution in [0.5, 0.6) is 0 Å². The highest BCUT2D eigenvalue weighted by Gasteiger charge is 2.17. The molecule has 0 saturated carbocycles. The molecule has 0 aliphatic rings. The van der Waals surface area contributed by atoms with Crippen LogP contribution in [0.2, 0.25) is 0 Å². The SMILES string of the molecule is Cc1ccc(C(=O)c2ccccc2C(=O)NCCn2cnc(-c3ccccc3)cc2=O)cc1. The van der Waals surface area contributed by atoms with Crippen molar-refractivity contribution in [2.24, 2.45) is 0 Å². The summed E-state index contributed by atoms with van der Waals surface area (Å²) in [5.74, 6) is -0.578. The van der Waals surface area contributed by atoms with E-state index in [1.165, 1.54) is 17.0 Å². The normalized spacial score (nSPS) is 10.6. The van der Waals surface area contributed by atoms with Crippen LogP contribution >= 0.6 is 0 Å². The van der Waals surface area contributed by atoms with Gasteiger partial charge in [-0.05, 0) is 13.0 Å². The second kappa shape index (κ2) is 9.87. The molecule has 0 fully saturated rings. The van der Waals surface area contributed by atoms with Gasteiger partial charge in [0.05, 0.1) is 17.6 Å². The molecule has 3 aromatic carbocycles. The summed E-state index contributed by atoms with van der Waals surface area (Å²) >= 11 is 0. The molecule has 0 bridgehead atoms. The van der Waals surface area contributed by atoms with Crippen molar-refractivity contribution >= 4 is 11.7 Å². The van der Waals surface area contributed by atoms with Crippen LogP contribution in [0, 0.1) is 6.92 Å². The third-order valence-corrected chi connectivity index (χ3v) is 5.32. The lowest BCUT2D eigenvalue weighted by Gasteiger charge is -2.11. The number of aromatic nitrogens is 2. The second-order valence-electron chi connectivity index (χ2n) is 7.67. The molecule has 33 heavy (non-hydrogen) atoms. The minimum absolute atomic E-state index is 0.201. The number of carbonyl (C=O) groups is 2. The van der Waals surface area contributed by atoms with Gasteiger partial charge in [-0.2, -0.15) is 0 Å². The Morgan fingerprint density at radius 2 is 1.55 bits per heavy atom. The number of nitrogens with one attached hydrogen (secondary N) is 1. The topological polar surface area (TPSA) is 81.1 Å². The van der Waals surface area contributed by atoms with Gasteiger partial charge in [0.25, 0.3) is 11.5 Å². The Balaban J connectivity index is 1.43. The third-order valence-electron chi connectivity index (χ3n) is 5.32. The summed E-state index contributed by atoms with van der Waals surface area (Å²) in [6.07, 6.45) is 1.48. The molecular weight excluding hydrogens is 414 g/mol. The summed E-state index contributed by atoms with van der Waals surface area (Å²) in [6.45, 7) is 2.44. The van der Waals surface area contributed by atoms with E-state index in [1.807, 2.05) is 49.4 Å². The van der Waals surface area contributed by atoms with Gasteiger partial charge in [0, 0.05) is 35.8 Å². The maximum atomic E-state index is 12.9. The average Bonchev–Trinajstić information content (AvgIpc) is 2.85. The fraction of sp³-hybridized carbons (Fsp3) is 0.111. The Hall–Kier alpha value is -4.32. The van der Waals surface area contributed by atoms with Crippen LogP contribution in [-0.2, 0) is 6.54 Å². The molecule has 0 atom stereocenters. The summed E-state index contributed by atoms with van der Waals surface area (Å²) in [4.78, 5) is 42.5. The first kappa shape index (κ1) is 21.9. The number of aryl methyl sites for hydroxylation is 1. The Morgan fingerprint density at radius 1 is 0.879 bits per heavy atom. The number of carbonyl (C=O) groups excluding carboxylic acids is 2. The maximum Gasteiger partial charge on any atom is 0.253 e. The summed E-state index contributed by atoms with van der Waals surface area (Å²) < 4.78 is 1.44. The summed E-state index contributed by atoms with van der Waals surface area (Å²) in [6, 6.07) is 24.9.